The molecule has 0 fully saturated rings. The van der Waals surface area contributed by atoms with Crippen LogP contribution >= 0.6 is 12.2 Å². The van der Waals surface area contributed by atoms with Gasteiger partial charge in [0.1, 0.15) is 0 Å². The van der Waals surface area contributed by atoms with Crippen molar-refractivity contribution in [2.24, 2.45) is 0 Å². The molecule has 1 atom stereocenters. The van der Waals surface area contributed by atoms with Gasteiger partial charge in [0.15, 0.2) is 4.77 Å². The van der Waals surface area contributed by atoms with Crippen molar-refractivity contribution < 1.29 is 5.11 Å². The molecule has 0 spiro atoms. The number of nitrogens with one attached hydrogen (secondary N) is 1. The number of rotatable bonds is 3. The predicted octanol–water partition coefficient (Wildman–Crippen LogP) is 2.00. The standard InChI is InChI=1S/C12H14N2O2S/c1-2-8(7-15)14-11(16)9-5-3-4-6-10(9)13-12(14)17/h3-6,8,15H,2,7H2,1H3,(H,13,17). The van der Waals surface area contributed by atoms with Crippen LogP contribution in [0.2, 0.25) is 0 Å². The third-order valence-corrected chi connectivity index (χ3v) is 3.18. The number of para-hydroxylation sites is 1. The first-order valence-corrected chi connectivity index (χ1v) is 5.94. The first-order chi connectivity index (χ1) is 8.19. The molecule has 0 bridgehead atoms. The van der Waals surface area contributed by atoms with E-state index < -0.39 is 0 Å². The van der Waals surface area contributed by atoms with Gasteiger partial charge in [-0.1, -0.05) is 19.1 Å². The van der Waals surface area contributed by atoms with Crippen molar-refractivity contribution in [3.8, 4) is 0 Å². The SMILES string of the molecule is CCC(CO)n1c(=S)[nH]c2ccccc2c1=O. The molecule has 0 aliphatic carbocycles. The Kier molecular flexibility index (Phi) is 3.40. The predicted molar refractivity (Wildman–Crippen MR) is 69.8 cm³/mol. The fourth-order valence-corrected chi connectivity index (χ4v) is 2.24. The molecule has 4 nitrogen and oxygen atoms in total. The van der Waals surface area contributed by atoms with Crippen LogP contribution in [0.3, 0.4) is 0 Å². The summed E-state index contributed by atoms with van der Waals surface area (Å²) in [6.07, 6.45) is 0.659. The van der Waals surface area contributed by atoms with Gasteiger partial charge in [0.25, 0.3) is 5.56 Å². The summed E-state index contributed by atoms with van der Waals surface area (Å²) >= 11 is 5.17. The van der Waals surface area contributed by atoms with Crippen molar-refractivity contribution in [1.82, 2.24) is 9.55 Å². The third-order valence-electron chi connectivity index (χ3n) is 2.88. The molecule has 0 saturated carbocycles. The minimum Gasteiger partial charge on any atom is -0.394 e. The van der Waals surface area contributed by atoms with Crippen LogP contribution in [0.4, 0.5) is 0 Å². The second-order valence-corrected chi connectivity index (χ2v) is 4.28. The Bertz CT molecular complexity index is 641. The smallest absolute Gasteiger partial charge is 0.262 e. The minimum absolute atomic E-state index is 0.0910. The number of aromatic nitrogens is 2. The molecule has 0 amide bonds. The Morgan fingerprint density at radius 1 is 1.47 bits per heavy atom. The molecule has 2 N–H and O–H groups in total. The van der Waals surface area contributed by atoms with Gasteiger partial charge in [-0.3, -0.25) is 9.36 Å². The Morgan fingerprint density at radius 2 is 2.18 bits per heavy atom. The average Bonchev–Trinajstić information content (AvgIpc) is 2.34. The summed E-state index contributed by atoms with van der Waals surface area (Å²) in [7, 11) is 0. The largest absolute Gasteiger partial charge is 0.394 e. The van der Waals surface area contributed by atoms with Crippen molar-refractivity contribution in [2.75, 3.05) is 6.61 Å². The summed E-state index contributed by atoms with van der Waals surface area (Å²) in [4.78, 5) is 15.3. The molecule has 1 aromatic carbocycles. The zero-order valence-electron chi connectivity index (χ0n) is 9.51. The number of aromatic amines is 1. The average molecular weight is 250 g/mol. The van der Waals surface area contributed by atoms with Gasteiger partial charge >= 0.3 is 0 Å². The van der Waals surface area contributed by atoms with Crippen molar-refractivity contribution in [3.63, 3.8) is 0 Å². The second-order valence-electron chi connectivity index (χ2n) is 3.90. The van der Waals surface area contributed by atoms with E-state index in [1.807, 2.05) is 25.1 Å². The first kappa shape index (κ1) is 12.0. The quantitative estimate of drug-likeness (QED) is 0.819. The number of aliphatic hydroxyl groups is 1. The zero-order valence-corrected chi connectivity index (χ0v) is 10.3. The number of nitrogens with zero attached hydrogens (tertiary/aromatic N) is 1. The van der Waals surface area contributed by atoms with Crippen LogP contribution in [-0.4, -0.2) is 21.3 Å². The van der Waals surface area contributed by atoms with Crippen LogP contribution in [0, 0.1) is 4.77 Å². The summed E-state index contributed by atoms with van der Waals surface area (Å²) in [6.45, 7) is 1.82. The Labute approximate surface area is 104 Å². The zero-order chi connectivity index (χ0) is 12.4. The number of H-pyrrole nitrogens is 1. The lowest BCUT2D eigenvalue weighted by Gasteiger charge is -2.16. The highest BCUT2D eigenvalue weighted by atomic mass is 32.1. The molecule has 17 heavy (non-hydrogen) atoms. The van der Waals surface area contributed by atoms with E-state index in [0.29, 0.717) is 16.6 Å². The fraction of sp³-hybridized carbons (Fsp3) is 0.333. The molecule has 2 rings (SSSR count). The van der Waals surface area contributed by atoms with Crippen LogP contribution in [0.15, 0.2) is 29.1 Å². The van der Waals surface area contributed by atoms with Crippen LogP contribution in [0.1, 0.15) is 19.4 Å². The van der Waals surface area contributed by atoms with Crippen molar-refractivity contribution >= 4 is 23.1 Å². The summed E-state index contributed by atoms with van der Waals surface area (Å²) in [5.74, 6) is 0. The lowest BCUT2D eigenvalue weighted by atomic mass is 10.2. The van der Waals surface area contributed by atoms with E-state index in [4.69, 9.17) is 12.2 Å². The van der Waals surface area contributed by atoms with E-state index >= 15 is 0 Å². The molecule has 0 aliphatic heterocycles. The first-order valence-electron chi connectivity index (χ1n) is 5.53. The van der Waals surface area contributed by atoms with Crippen molar-refractivity contribution in [1.29, 1.82) is 0 Å². The van der Waals surface area contributed by atoms with Crippen molar-refractivity contribution in [2.45, 2.75) is 19.4 Å². The maximum Gasteiger partial charge on any atom is 0.262 e. The topological polar surface area (TPSA) is 58.0 Å². The number of hydrogen-bond donors (Lipinski definition) is 2. The van der Waals surface area contributed by atoms with Gasteiger partial charge in [-0.15, -0.1) is 0 Å². The summed E-state index contributed by atoms with van der Waals surface area (Å²) < 4.78 is 1.81. The Morgan fingerprint density at radius 3 is 2.82 bits per heavy atom. The van der Waals surface area contributed by atoms with Gasteiger partial charge in [0.2, 0.25) is 0 Å². The van der Waals surface area contributed by atoms with Gasteiger partial charge in [0, 0.05) is 0 Å². The maximum absolute atomic E-state index is 12.3. The summed E-state index contributed by atoms with van der Waals surface area (Å²) in [6, 6.07) is 6.96. The number of benzene rings is 1. The Balaban J connectivity index is 2.81. The lowest BCUT2D eigenvalue weighted by Crippen LogP contribution is -2.28. The molecule has 1 unspecified atom stereocenters. The molecule has 0 aliphatic rings. The van der Waals surface area contributed by atoms with E-state index in [9.17, 15) is 9.90 Å². The maximum atomic E-state index is 12.3. The fourth-order valence-electron chi connectivity index (χ4n) is 1.90. The third kappa shape index (κ3) is 2.03. The molecule has 5 heteroatoms. The van der Waals surface area contributed by atoms with E-state index in [-0.39, 0.29) is 18.2 Å². The van der Waals surface area contributed by atoms with Crippen LogP contribution < -0.4 is 5.56 Å². The molecular formula is C12H14N2O2S. The van der Waals surface area contributed by atoms with Gasteiger partial charge in [0.05, 0.1) is 23.6 Å². The van der Waals surface area contributed by atoms with Gasteiger partial charge < -0.3 is 10.1 Å². The molecule has 90 valence electrons. The minimum atomic E-state index is -0.268. The lowest BCUT2D eigenvalue weighted by molar-refractivity contribution is 0.220. The van der Waals surface area contributed by atoms with E-state index in [0.717, 1.165) is 5.52 Å². The number of fused-ring (bicyclic) bond motifs is 1. The summed E-state index contributed by atoms with van der Waals surface area (Å²) in [5.41, 5.74) is 0.580. The molecule has 1 aromatic heterocycles. The monoisotopic (exact) mass is 250 g/mol. The van der Waals surface area contributed by atoms with Gasteiger partial charge in [-0.05, 0) is 30.8 Å². The Hall–Kier alpha value is -1.46. The van der Waals surface area contributed by atoms with Crippen molar-refractivity contribution in [3.05, 3.63) is 39.4 Å². The van der Waals surface area contributed by atoms with Gasteiger partial charge in [-0.2, -0.15) is 0 Å². The molecular weight excluding hydrogens is 236 g/mol. The molecule has 0 saturated heterocycles. The van der Waals surface area contributed by atoms with Crippen LogP contribution in [0.5, 0.6) is 0 Å². The number of hydrogen-bond acceptors (Lipinski definition) is 3. The highest BCUT2D eigenvalue weighted by Crippen LogP contribution is 2.12. The normalized spacial score (nSPS) is 12.8. The van der Waals surface area contributed by atoms with Crippen LogP contribution in [0.25, 0.3) is 10.9 Å². The molecule has 1 heterocycles. The van der Waals surface area contributed by atoms with E-state index in [2.05, 4.69) is 4.98 Å². The molecule has 0 radical (unpaired) electrons. The van der Waals surface area contributed by atoms with Crippen LogP contribution in [-0.2, 0) is 0 Å². The van der Waals surface area contributed by atoms with Gasteiger partial charge in [-0.25, -0.2) is 0 Å². The number of aliphatic hydroxyl groups excluding tert-OH is 1. The summed E-state index contributed by atoms with van der Waals surface area (Å²) in [5, 5.41) is 9.87. The second kappa shape index (κ2) is 4.81. The van der Waals surface area contributed by atoms with E-state index in [1.165, 1.54) is 4.57 Å². The molecule has 2 aromatic rings. The highest BCUT2D eigenvalue weighted by Gasteiger charge is 2.12. The highest BCUT2D eigenvalue weighted by molar-refractivity contribution is 7.71. The van der Waals surface area contributed by atoms with E-state index in [1.54, 1.807) is 6.07 Å².